The van der Waals surface area contributed by atoms with E-state index in [-0.39, 0.29) is 6.04 Å². The van der Waals surface area contributed by atoms with Gasteiger partial charge >= 0.3 is 5.97 Å². The van der Waals surface area contributed by atoms with Crippen LogP contribution in [0.5, 0.6) is 0 Å². The van der Waals surface area contributed by atoms with Crippen LogP contribution >= 0.6 is 0 Å². The number of rotatable bonds is 6. The van der Waals surface area contributed by atoms with E-state index in [2.05, 4.69) is 17.1 Å². The lowest BCUT2D eigenvalue weighted by molar-refractivity contribution is -0.144. The molecule has 1 aliphatic rings. The van der Waals surface area contributed by atoms with Gasteiger partial charge < -0.3 is 15.2 Å². The van der Waals surface area contributed by atoms with Crippen molar-refractivity contribution in [2.75, 3.05) is 27.2 Å². The van der Waals surface area contributed by atoms with E-state index in [4.69, 9.17) is 4.74 Å². The monoisotopic (exact) mass is 244 g/mol. The fourth-order valence-electron chi connectivity index (χ4n) is 2.36. The van der Waals surface area contributed by atoms with Gasteiger partial charge in [0, 0.05) is 26.2 Å². The number of carboxylic acid groups (broad SMARTS) is 1. The summed E-state index contributed by atoms with van der Waals surface area (Å²) < 4.78 is 5.32. The highest BCUT2D eigenvalue weighted by molar-refractivity contribution is 5.78. The van der Waals surface area contributed by atoms with E-state index in [1.165, 1.54) is 0 Å². The number of likely N-dealkylation sites (tertiary alicyclic amines) is 1. The Morgan fingerprint density at radius 2 is 2.35 bits per heavy atom. The van der Waals surface area contributed by atoms with Gasteiger partial charge in [-0.05, 0) is 33.7 Å². The molecule has 0 bridgehead atoms. The van der Waals surface area contributed by atoms with E-state index in [9.17, 15) is 9.90 Å². The maximum Gasteiger partial charge on any atom is 0.323 e. The Kier molecular flexibility index (Phi) is 4.91. The summed E-state index contributed by atoms with van der Waals surface area (Å²) in [5.74, 6) is -0.797. The topological polar surface area (TPSA) is 61.8 Å². The molecular weight excluding hydrogens is 220 g/mol. The Balaban J connectivity index is 2.54. The number of ether oxygens (including phenoxy) is 1. The Bertz CT molecular complexity index is 272. The number of carbonyl (C=O) groups is 1. The minimum Gasteiger partial charge on any atom is -0.480 e. The molecule has 3 atom stereocenters. The first-order valence-corrected chi connectivity index (χ1v) is 6.12. The first-order valence-electron chi connectivity index (χ1n) is 6.12. The van der Waals surface area contributed by atoms with Crippen molar-refractivity contribution in [1.29, 1.82) is 0 Å². The van der Waals surface area contributed by atoms with Crippen molar-refractivity contribution in [3.05, 3.63) is 0 Å². The summed E-state index contributed by atoms with van der Waals surface area (Å²) in [6.45, 7) is 5.70. The van der Waals surface area contributed by atoms with Gasteiger partial charge in [-0.1, -0.05) is 0 Å². The van der Waals surface area contributed by atoms with E-state index in [0.29, 0.717) is 12.5 Å². The zero-order valence-electron chi connectivity index (χ0n) is 11.2. The number of hydrogen-bond donors (Lipinski definition) is 2. The second-order valence-electron chi connectivity index (χ2n) is 5.08. The molecule has 5 nitrogen and oxygen atoms in total. The average molecular weight is 244 g/mol. The SMILES string of the molecule is CNC(C)(CC(C)N1CCC(OC)C1)C(=O)O. The fourth-order valence-corrected chi connectivity index (χ4v) is 2.36. The van der Waals surface area contributed by atoms with Gasteiger partial charge in [0.25, 0.3) is 0 Å². The molecule has 3 unspecified atom stereocenters. The Morgan fingerprint density at radius 3 is 2.76 bits per heavy atom. The smallest absolute Gasteiger partial charge is 0.323 e. The second kappa shape index (κ2) is 5.80. The predicted molar refractivity (Wildman–Crippen MR) is 66.2 cm³/mol. The number of likely N-dealkylation sites (N-methyl/N-ethyl adjacent to an activating group) is 1. The minimum absolute atomic E-state index is 0.240. The van der Waals surface area contributed by atoms with Crippen molar-refractivity contribution in [3.63, 3.8) is 0 Å². The Labute approximate surface area is 103 Å². The van der Waals surface area contributed by atoms with Crippen molar-refractivity contribution >= 4 is 5.97 Å². The summed E-state index contributed by atoms with van der Waals surface area (Å²) in [6.07, 6.45) is 1.92. The second-order valence-corrected chi connectivity index (χ2v) is 5.08. The molecule has 1 heterocycles. The number of nitrogens with one attached hydrogen (secondary N) is 1. The van der Waals surface area contributed by atoms with Crippen LogP contribution in [-0.2, 0) is 9.53 Å². The van der Waals surface area contributed by atoms with Crippen LogP contribution < -0.4 is 5.32 Å². The van der Waals surface area contributed by atoms with Gasteiger partial charge in [0.15, 0.2) is 0 Å². The standard InChI is InChI=1S/C12H24N2O3/c1-9(7-12(2,13-3)11(15)16)14-6-5-10(8-14)17-4/h9-10,13H,5-8H2,1-4H3,(H,15,16). The number of hydrogen-bond acceptors (Lipinski definition) is 4. The summed E-state index contributed by atoms with van der Waals surface area (Å²) in [7, 11) is 3.43. The number of aliphatic carboxylic acids is 1. The van der Waals surface area contributed by atoms with Crippen molar-refractivity contribution in [3.8, 4) is 0 Å². The molecule has 0 saturated carbocycles. The van der Waals surface area contributed by atoms with Gasteiger partial charge in [0.2, 0.25) is 0 Å². The maximum absolute atomic E-state index is 11.2. The fraction of sp³-hybridized carbons (Fsp3) is 0.917. The maximum atomic E-state index is 11.2. The zero-order chi connectivity index (χ0) is 13.1. The van der Waals surface area contributed by atoms with Gasteiger partial charge in [-0.15, -0.1) is 0 Å². The first-order chi connectivity index (χ1) is 7.92. The van der Waals surface area contributed by atoms with Gasteiger partial charge in [-0.3, -0.25) is 9.69 Å². The molecule has 0 aromatic carbocycles. The zero-order valence-corrected chi connectivity index (χ0v) is 11.2. The minimum atomic E-state index is -0.857. The molecule has 2 N–H and O–H groups in total. The molecule has 0 aromatic heterocycles. The molecule has 1 fully saturated rings. The largest absolute Gasteiger partial charge is 0.480 e. The van der Waals surface area contributed by atoms with Crippen LogP contribution in [0.2, 0.25) is 0 Å². The number of carboxylic acids is 1. The van der Waals surface area contributed by atoms with Crippen molar-refractivity contribution in [1.82, 2.24) is 10.2 Å². The van der Waals surface area contributed by atoms with Crippen LogP contribution in [0.1, 0.15) is 26.7 Å². The molecule has 0 amide bonds. The normalized spacial score (nSPS) is 26.7. The van der Waals surface area contributed by atoms with Crippen LogP contribution in [0.3, 0.4) is 0 Å². The summed E-state index contributed by atoms with van der Waals surface area (Å²) in [6, 6.07) is 0.240. The summed E-state index contributed by atoms with van der Waals surface area (Å²) in [5.41, 5.74) is -0.857. The molecule has 5 heteroatoms. The van der Waals surface area contributed by atoms with Gasteiger partial charge in [0.1, 0.15) is 5.54 Å². The van der Waals surface area contributed by atoms with Gasteiger partial charge in [-0.2, -0.15) is 0 Å². The van der Waals surface area contributed by atoms with E-state index >= 15 is 0 Å². The lowest BCUT2D eigenvalue weighted by Crippen LogP contribution is -2.51. The molecule has 17 heavy (non-hydrogen) atoms. The average Bonchev–Trinajstić information content (AvgIpc) is 2.77. The molecule has 0 spiro atoms. The quantitative estimate of drug-likeness (QED) is 0.714. The summed E-state index contributed by atoms with van der Waals surface area (Å²) in [5, 5.41) is 12.1. The molecule has 0 radical (unpaired) electrons. The van der Waals surface area contributed by atoms with Crippen LogP contribution in [0.25, 0.3) is 0 Å². The Morgan fingerprint density at radius 1 is 1.71 bits per heavy atom. The van der Waals surface area contributed by atoms with Crippen LogP contribution in [0.4, 0.5) is 0 Å². The van der Waals surface area contributed by atoms with Crippen LogP contribution in [-0.4, -0.2) is 60.9 Å². The highest BCUT2D eigenvalue weighted by Gasteiger charge is 2.36. The highest BCUT2D eigenvalue weighted by atomic mass is 16.5. The van der Waals surface area contributed by atoms with Crippen molar-refractivity contribution in [2.45, 2.75) is 44.4 Å². The van der Waals surface area contributed by atoms with E-state index in [0.717, 1.165) is 19.5 Å². The van der Waals surface area contributed by atoms with Crippen LogP contribution in [0, 0.1) is 0 Å². The molecule has 100 valence electrons. The number of nitrogens with zero attached hydrogens (tertiary/aromatic N) is 1. The lowest BCUT2D eigenvalue weighted by Gasteiger charge is -2.32. The summed E-state index contributed by atoms with van der Waals surface area (Å²) in [4.78, 5) is 13.5. The molecule has 1 saturated heterocycles. The van der Waals surface area contributed by atoms with E-state index in [1.54, 1.807) is 21.1 Å². The van der Waals surface area contributed by atoms with Gasteiger partial charge in [0.05, 0.1) is 6.10 Å². The lowest BCUT2D eigenvalue weighted by atomic mass is 9.93. The molecule has 0 aromatic rings. The van der Waals surface area contributed by atoms with Crippen molar-refractivity contribution < 1.29 is 14.6 Å². The molecule has 1 aliphatic heterocycles. The number of methoxy groups -OCH3 is 1. The highest BCUT2D eigenvalue weighted by Crippen LogP contribution is 2.21. The third kappa shape index (κ3) is 3.40. The third-order valence-electron chi connectivity index (χ3n) is 3.86. The summed E-state index contributed by atoms with van der Waals surface area (Å²) >= 11 is 0. The van der Waals surface area contributed by atoms with Gasteiger partial charge in [-0.25, -0.2) is 0 Å². The predicted octanol–water partition coefficient (Wildman–Crippen LogP) is 0.548. The molecule has 1 rings (SSSR count). The van der Waals surface area contributed by atoms with E-state index < -0.39 is 11.5 Å². The molecular formula is C12H24N2O3. The first kappa shape index (κ1) is 14.4. The van der Waals surface area contributed by atoms with Crippen LogP contribution in [0.15, 0.2) is 0 Å². The Hall–Kier alpha value is -0.650. The van der Waals surface area contributed by atoms with E-state index in [1.807, 2.05) is 0 Å². The van der Waals surface area contributed by atoms with Crippen molar-refractivity contribution in [2.24, 2.45) is 0 Å². The molecule has 0 aliphatic carbocycles. The third-order valence-corrected chi connectivity index (χ3v) is 3.86.